The van der Waals surface area contributed by atoms with Gasteiger partial charge in [0, 0.05) is 11.1 Å². The van der Waals surface area contributed by atoms with Crippen LogP contribution in [-0.2, 0) is 16.1 Å². The molecule has 5 rings (SSSR count). The van der Waals surface area contributed by atoms with Crippen LogP contribution in [0.1, 0.15) is 30.5 Å². The number of carbonyl (C=O) groups excluding carboxylic acids is 2. The van der Waals surface area contributed by atoms with Crippen LogP contribution in [0.5, 0.6) is 5.75 Å². The molecule has 0 unspecified atom stereocenters. The van der Waals surface area contributed by atoms with Crippen molar-refractivity contribution in [2.75, 3.05) is 17.3 Å². The van der Waals surface area contributed by atoms with Crippen molar-refractivity contribution in [3.8, 4) is 5.75 Å². The number of hydrogen-bond acceptors (Lipinski definition) is 6. The average molecular weight is 620 g/mol. The summed E-state index contributed by atoms with van der Waals surface area (Å²) in [5.74, 6) is -8.81. The first kappa shape index (κ1) is 31.2. The third-order valence-corrected chi connectivity index (χ3v) is 7.28. The van der Waals surface area contributed by atoms with Gasteiger partial charge in [0.1, 0.15) is 17.5 Å². The monoisotopic (exact) mass is 619 g/mol. The number of carbonyl (C=O) groups is 2. The summed E-state index contributed by atoms with van der Waals surface area (Å²) in [5, 5.41) is 4.87. The zero-order valence-corrected chi connectivity index (χ0v) is 24.5. The van der Waals surface area contributed by atoms with Crippen LogP contribution in [0.15, 0.2) is 83.9 Å². The van der Waals surface area contributed by atoms with Crippen molar-refractivity contribution in [1.29, 1.82) is 0 Å². The molecular formula is C33H29F4N5O3. The number of benzene rings is 3. The topological polar surface area (TPSA) is 95.9 Å². The Labute approximate surface area is 256 Å². The second-order valence-corrected chi connectivity index (χ2v) is 10.6. The lowest BCUT2D eigenvalue weighted by Gasteiger charge is -2.28. The van der Waals surface area contributed by atoms with Gasteiger partial charge in [-0.25, -0.2) is 4.99 Å². The number of nitrogens with one attached hydrogen (secondary N) is 2. The molecule has 45 heavy (non-hydrogen) atoms. The van der Waals surface area contributed by atoms with E-state index < -0.39 is 59.2 Å². The summed E-state index contributed by atoms with van der Waals surface area (Å²) >= 11 is 0. The molecule has 12 heteroatoms. The first-order valence-electron chi connectivity index (χ1n) is 14.0. The lowest BCUT2D eigenvalue weighted by molar-refractivity contribution is -0.128. The predicted molar refractivity (Wildman–Crippen MR) is 161 cm³/mol. The Morgan fingerprint density at radius 3 is 2.16 bits per heavy atom. The fraction of sp³-hybridized carbons (Fsp3) is 0.212. The molecule has 0 fully saturated rings. The van der Waals surface area contributed by atoms with Gasteiger partial charge in [-0.05, 0) is 29.7 Å². The van der Waals surface area contributed by atoms with Crippen LogP contribution in [0.2, 0.25) is 0 Å². The molecule has 3 aromatic carbocycles. The van der Waals surface area contributed by atoms with Gasteiger partial charge in [-0.15, -0.1) is 0 Å². The molecule has 2 atom stereocenters. The Balaban J connectivity index is 1.55. The largest absolute Gasteiger partial charge is 0.497 e. The number of rotatable bonds is 9. The second kappa shape index (κ2) is 13.2. The van der Waals surface area contributed by atoms with E-state index in [0.29, 0.717) is 28.3 Å². The van der Waals surface area contributed by atoms with E-state index in [4.69, 9.17) is 9.73 Å². The molecular weight excluding hydrogens is 590 g/mol. The van der Waals surface area contributed by atoms with E-state index in [2.05, 4.69) is 15.6 Å². The number of fused-ring (bicyclic) bond motifs is 1. The average Bonchev–Trinajstić information content (AvgIpc) is 3.15. The van der Waals surface area contributed by atoms with Crippen LogP contribution in [0.25, 0.3) is 0 Å². The summed E-state index contributed by atoms with van der Waals surface area (Å²) in [4.78, 5) is 36.7. The van der Waals surface area contributed by atoms with Crippen LogP contribution < -0.4 is 20.3 Å². The molecule has 0 saturated carbocycles. The smallest absolute Gasteiger partial charge is 0.272 e. The van der Waals surface area contributed by atoms with Gasteiger partial charge < -0.3 is 20.3 Å². The number of aromatic nitrogens is 1. The lowest BCUT2D eigenvalue weighted by atomic mass is 10.00. The van der Waals surface area contributed by atoms with E-state index in [1.165, 1.54) is 4.90 Å². The molecule has 8 nitrogen and oxygen atoms in total. The Morgan fingerprint density at radius 2 is 1.53 bits per heavy atom. The van der Waals surface area contributed by atoms with Crippen LogP contribution in [-0.4, -0.2) is 41.8 Å². The van der Waals surface area contributed by atoms with Gasteiger partial charge in [-0.1, -0.05) is 74.5 Å². The van der Waals surface area contributed by atoms with E-state index in [9.17, 15) is 27.2 Å². The Hall–Kier alpha value is -5.26. The number of para-hydroxylation sites is 1. The lowest BCUT2D eigenvalue weighted by Crippen LogP contribution is -2.52. The van der Waals surface area contributed by atoms with E-state index in [1.54, 1.807) is 63.4 Å². The van der Waals surface area contributed by atoms with Crippen LogP contribution in [0.3, 0.4) is 0 Å². The number of hydrogen-bond donors (Lipinski definition) is 2. The molecule has 232 valence electrons. The van der Waals surface area contributed by atoms with Crippen molar-refractivity contribution in [3.63, 3.8) is 0 Å². The van der Waals surface area contributed by atoms with Gasteiger partial charge in [-0.3, -0.25) is 9.59 Å². The molecule has 2 amide bonds. The minimum atomic E-state index is -1.87. The maximum absolute atomic E-state index is 14.5. The molecule has 2 heterocycles. The maximum Gasteiger partial charge on any atom is 0.272 e. The maximum atomic E-state index is 14.5. The molecule has 0 spiro atoms. The van der Waals surface area contributed by atoms with Gasteiger partial charge in [0.2, 0.25) is 23.7 Å². The zero-order chi connectivity index (χ0) is 32.2. The molecule has 0 bridgehead atoms. The number of pyridine rings is 1. The molecule has 0 saturated heterocycles. The zero-order valence-electron chi connectivity index (χ0n) is 24.5. The van der Waals surface area contributed by atoms with E-state index in [1.807, 2.05) is 36.4 Å². The Kier molecular flexibility index (Phi) is 9.12. The highest BCUT2D eigenvalue weighted by molar-refractivity contribution is 6.20. The molecule has 1 aromatic heterocycles. The molecule has 4 aromatic rings. The number of aliphatic imine (C=N–C) groups is 1. The van der Waals surface area contributed by atoms with Crippen molar-refractivity contribution in [2.24, 2.45) is 10.9 Å². The van der Waals surface area contributed by atoms with E-state index >= 15 is 0 Å². The third-order valence-electron chi connectivity index (χ3n) is 7.28. The van der Waals surface area contributed by atoms with Gasteiger partial charge in [0.05, 0.1) is 25.1 Å². The fourth-order valence-corrected chi connectivity index (χ4v) is 4.95. The Bertz CT molecular complexity index is 1720. The summed E-state index contributed by atoms with van der Waals surface area (Å²) in [6, 6.07) is 22.0. The summed E-state index contributed by atoms with van der Waals surface area (Å²) in [6.07, 6.45) is -1.48. The first-order chi connectivity index (χ1) is 21.6. The quantitative estimate of drug-likeness (QED) is 0.188. The molecule has 0 radical (unpaired) electrons. The highest BCUT2D eigenvalue weighted by Gasteiger charge is 2.36. The predicted octanol–water partition coefficient (Wildman–Crippen LogP) is 5.61. The van der Waals surface area contributed by atoms with Gasteiger partial charge in [0.15, 0.2) is 0 Å². The standard InChI is InChI=1S/C33H29F4N5O3/c1-18(2)26(38-28-24(34)29(36)40-30(37)25(28)35)32(43)41-31-33(44)42(17-19-13-15-21(45-3)16-14-19)23-12-8-7-11-22(23)27(39-31)20-9-5-4-6-10-20/h4-16,18,26,31H,17H2,1-3H3,(H,38,40)(H,41,43)/t26-,31+/m0/s1. The summed E-state index contributed by atoms with van der Waals surface area (Å²) in [7, 11) is 1.54. The van der Waals surface area contributed by atoms with Gasteiger partial charge >= 0.3 is 0 Å². The summed E-state index contributed by atoms with van der Waals surface area (Å²) in [5.41, 5.74) is 1.85. The number of methoxy groups -OCH3 is 1. The minimum Gasteiger partial charge on any atom is -0.497 e. The number of anilines is 2. The molecule has 1 aliphatic heterocycles. The highest BCUT2D eigenvalue weighted by Crippen LogP contribution is 2.30. The normalized spacial score (nSPS) is 15.2. The number of halogens is 4. The molecule has 0 aliphatic carbocycles. The highest BCUT2D eigenvalue weighted by atomic mass is 19.2. The van der Waals surface area contributed by atoms with Crippen LogP contribution in [0.4, 0.5) is 28.9 Å². The minimum absolute atomic E-state index is 0.113. The SMILES string of the molecule is COc1ccc(CN2C(=O)[C@@H](NC(=O)[C@@H](Nc3c(F)c(F)nc(F)c3F)C(C)C)N=C(c3ccccc3)c3ccccc32)cc1. The van der Waals surface area contributed by atoms with Gasteiger partial charge in [0.25, 0.3) is 17.8 Å². The van der Waals surface area contributed by atoms with Crippen molar-refractivity contribution in [2.45, 2.75) is 32.6 Å². The number of amides is 2. The summed E-state index contributed by atoms with van der Waals surface area (Å²) < 4.78 is 61.9. The second-order valence-electron chi connectivity index (χ2n) is 10.6. The van der Waals surface area contributed by atoms with Crippen molar-refractivity contribution in [3.05, 3.63) is 119 Å². The first-order valence-corrected chi connectivity index (χ1v) is 14.0. The van der Waals surface area contributed by atoms with E-state index in [-0.39, 0.29) is 6.54 Å². The number of ether oxygens (including phenoxy) is 1. The Morgan fingerprint density at radius 1 is 0.911 bits per heavy atom. The van der Waals surface area contributed by atoms with Crippen molar-refractivity contribution < 1.29 is 31.9 Å². The van der Waals surface area contributed by atoms with Crippen LogP contribution in [0, 0.1) is 29.4 Å². The number of nitrogens with zero attached hydrogens (tertiary/aromatic N) is 3. The third kappa shape index (κ3) is 6.49. The van der Waals surface area contributed by atoms with Crippen LogP contribution >= 0.6 is 0 Å². The van der Waals surface area contributed by atoms with Crippen molar-refractivity contribution >= 4 is 28.9 Å². The summed E-state index contributed by atoms with van der Waals surface area (Å²) in [6.45, 7) is 3.22. The van der Waals surface area contributed by atoms with Gasteiger partial charge in [-0.2, -0.15) is 22.5 Å². The van der Waals surface area contributed by atoms with E-state index in [0.717, 1.165) is 5.56 Å². The fourth-order valence-electron chi connectivity index (χ4n) is 4.95. The van der Waals surface area contributed by atoms with Crippen molar-refractivity contribution in [1.82, 2.24) is 10.3 Å². The molecule has 1 aliphatic rings. The molecule has 2 N–H and O–H groups in total. The number of benzodiazepines with no additional fused rings is 1.